The van der Waals surface area contributed by atoms with E-state index in [0.29, 0.717) is 29.7 Å². The molecule has 0 bridgehead atoms. The van der Waals surface area contributed by atoms with Crippen LogP contribution in [0.5, 0.6) is 0 Å². The van der Waals surface area contributed by atoms with Gasteiger partial charge in [0.2, 0.25) is 0 Å². The maximum absolute atomic E-state index is 13.2. The van der Waals surface area contributed by atoms with Crippen molar-refractivity contribution in [2.75, 3.05) is 6.26 Å². The first-order chi connectivity index (χ1) is 13.0. The molecule has 4 rings (SSSR count). The molecule has 2 unspecified atom stereocenters. The van der Waals surface area contributed by atoms with Crippen molar-refractivity contribution >= 4 is 34.0 Å². The van der Waals surface area contributed by atoms with Gasteiger partial charge in [0.25, 0.3) is 5.91 Å². The number of rotatable bonds is 3. The first kappa shape index (κ1) is 17.8. The molecule has 1 heterocycles. The Kier molecular flexibility index (Phi) is 4.53. The third kappa shape index (κ3) is 3.05. The van der Waals surface area contributed by atoms with Gasteiger partial charge in [-0.05, 0) is 60.3 Å². The minimum atomic E-state index is -1.15. The van der Waals surface area contributed by atoms with Gasteiger partial charge in [-0.2, -0.15) is 0 Å². The Hall–Kier alpha value is -2.57. The molecule has 5 nitrogen and oxygen atoms in total. The van der Waals surface area contributed by atoms with E-state index in [1.807, 2.05) is 30.3 Å². The van der Waals surface area contributed by atoms with E-state index < -0.39 is 23.1 Å². The summed E-state index contributed by atoms with van der Waals surface area (Å²) in [4.78, 5) is 25.4. The molecule has 3 aromatic rings. The van der Waals surface area contributed by atoms with Crippen LogP contribution in [0.2, 0.25) is 0 Å². The van der Waals surface area contributed by atoms with Gasteiger partial charge in [-0.15, -0.1) is 0 Å². The summed E-state index contributed by atoms with van der Waals surface area (Å²) in [7, 11) is 0. The van der Waals surface area contributed by atoms with Gasteiger partial charge in [0.15, 0.2) is 4.90 Å². The van der Waals surface area contributed by atoms with Gasteiger partial charge in [-0.25, -0.2) is 0 Å². The Labute approximate surface area is 159 Å². The summed E-state index contributed by atoms with van der Waals surface area (Å²) in [6, 6.07) is 14.5. The van der Waals surface area contributed by atoms with Gasteiger partial charge in [0.1, 0.15) is 6.26 Å². The largest absolute Gasteiger partial charge is 0.612 e. The summed E-state index contributed by atoms with van der Waals surface area (Å²) in [5.74, 6) is -1.40. The van der Waals surface area contributed by atoms with E-state index >= 15 is 0 Å². The van der Waals surface area contributed by atoms with Crippen molar-refractivity contribution in [3.8, 4) is 0 Å². The van der Waals surface area contributed by atoms with Gasteiger partial charge < -0.3 is 9.66 Å². The monoisotopic (exact) mass is 381 g/mol. The Morgan fingerprint density at radius 1 is 1.19 bits per heavy atom. The number of carbonyl (C=O) groups excluding carboxylic acids is 1. The van der Waals surface area contributed by atoms with Gasteiger partial charge in [-0.1, -0.05) is 18.2 Å². The smallest absolute Gasteiger partial charge is 0.306 e. The third-order valence-corrected chi connectivity index (χ3v) is 6.16. The standard InChI is InChI=1S/C21H19NO4S/c1-27(26)15-8-10-19-17(12-15)16-11-14(21(24)25)7-9-18(16)22(19)20(23)13-5-3-2-4-6-13/h2-6,8,10,12,14H,7,9,11H2,1H3,(H,24,25). The van der Waals surface area contributed by atoms with Gasteiger partial charge in [-0.3, -0.25) is 14.2 Å². The fraction of sp³-hybridized carbons (Fsp3) is 0.238. The van der Waals surface area contributed by atoms with Gasteiger partial charge in [0.05, 0.1) is 11.4 Å². The Morgan fingerprint density at radius 3 is 2.59 bits per heavy atom. The summed E-state index contributed by atoms with van der Waals surface area (Å²) in [6.07, 6.45) is 3.03. The average molecular weight is 381 g/mol. The van der Waals surface area contributed by atoms with Crippen molar-refractivity contribution in [3.05, 3.63) is 65.4 Å². The second-order valence-corrected chi connectivity index (χ2v) is 8.22. The maximum Gasteiger partial charge on any atom is 0.306 e. The van der Waals surface area contributed by atoms with Crippen molar-refractivity contribution in [1.29, 1.82) is 0 Å². The molecule has 0 aliphatic heterocycles. The first-order valence-corrected chi connectivity index (χ1v) is 10.4. The van der Waals surface area contributed by atoms with Crippen LogP contribution in [0.1, 0.15) is 28.0 Å². The quantitative estimate of drug-likeness (QED) is 0.706. The highest BCUT2D eigenvalue weighted by molar-refractivity contribution is 7.90. The topological polar surface area (TPSA) is 82.4 Å². The summed E-state index contributed by atoms with van der Waals surface area (Å²) >= 11 is -1.15. The SMILES string of the molecule is C[S+]([O-])c1ccc2c(c1)c1c(n2C(=O)c2ccccc2)CCC(C(=O)O)C1. The molecule has 1 aromatic heterocycles. The van der Waals surface area contributed by atoms with Crippen LogP contribution in [-0.4, -0.2) is 32.4 Å². The number of aliphatic carboxylic acids is 1. The van der Waals surface area contributed by atoms with Crippen LogP contribution in [0.4, 0.5) is 0 Å². The van der Waals surface area contributed by atoms with E-state index in [2.05, 4.69) is 0 Å². The summed E-state index contributed by atoms with van der Waals surface area (Å²) in [5, 5.41) is 10.3. The minimum Gasteiger partial charge on any atom is -0.612 e. The Balaban J connectivity index is 1.94. The number of fused-ring (bicyclic) bond motifs is 3. The van der Waals surface area contributed by atoms with Crippen LogP contribution in [0.25, 0.3) is 10.9 Å². The number of carbonyl (C=O) groups is 2. The fourth-order valence-electron chi connectivity index (χ4n) is 3.87. The number of benzene rings is 2. The van der Waals surface area contributed by atoms with E-state index in [-0.39, 0.29) is 5.91 Å². The molecule has 0 fully saturated rings. The van der Waals surface area contributed by atoms with Crippen molar-refractivity contribution in [2.24, 2.45) is 5.92 Å². The van der Waals surface area contributed by atoms with Crippen LogP contribution in [0, 0.1) is 5.92 Å². The predicted octanol–water partition coefficient (Wildman–Crippen LogP) is 3.26. The zero-order valence-electron chi connectivity index (χ0n) is 14.8. The number of carboxylic acids is 1. The molecular formula is C21H19NO4S. The van der Waals surface area contributed by atoms with Crippen LogP contribution >= 0.6 is 0 Å². The number of nitrogens with zero attached hydrogens (tertiary/aromatic N) is 1. The number of hydrogen-bond acceptors (Lipinski definition) is 3. The second kappa shape index (κ2) is 6.87. The molecule has 2 atom stereocenters. The zero-order chi connectivity index (χ0) is 19.1. The normalized spacial score (nSPS) is 17.5. The minimum absolute atomic E-state index is 0.124. The molecule has 0 saturated heterocycles. The molecule has 0 spiro atoms. The highest BCUT2D eigenvalue weighted by Crippen LogP contribution is 2.36. The molecule has 6 heteroatoms. The van der Waals surface area contributed by atoms with Crippen LogP contribution in [-0.2, 0) is 28.8 Å². The fourth-order valence-corrected chi connectivity index (χ4v) is 4.41. The highest BCUT2D eigenvalue weighted by atomic mass is 32.2. The summed E-state index contributed by atoms with van der Waals surface area (Å²) < 4.78 is 13.6. The van der Waals surface area contributed by atoms with E-state index in [1.54, 1.807) is 29.0 Å². The first-order valence-electron chi connectivity index (χ1n) is 8.79. The third-order valence-electron chi connectivity index (χ3n) is 5.24. The van der Waals surface area contributed by atoms with E-state index in [4.69, 9.17) is 0 Å². The van der Waals surface area contributed by atoms with Crippen molar-refractivity contribution in [2.45, 2.75) is 24.2 Å². The van der Waals surface area contributed by atoms with Gasteiger partial charge in [0, 0.05) is 22.7 Å². The molecule has 138 valence electrons. The molecule has 27 heavy (non-hydrogen) atoms. The van der Waals surface area contributed by atoms with Crippen molar-refractivity contribution in [3.63, 3.8) is 0 Å². The van der Waals surface area contributed by atoms with Crippen LogP contribution in [0.3, 0.4) is 0 Å². The highest BCUT2D eigenvalue weighted by Gasteiger charge is 2.31. The van der Waals surface area contributed by atoms with Crippen LogP contribution < -0.4 is 0 Å². The molecule has 1 aliphatic rings. The van der Waals surface area contributed by atoms with E-state index in [0.717, 1.165) is 22.2 Å². The second-order valence-electron chi connectivity index (χ2n) is 6.84. The molecule has 2 aromatic carbocycles. The molecule has 1 aliphatic carbocycles. The van der Waals surface area contributed by atoms with Crippen molar-refractivity contribution in [1.82, 2.24) is 4.57 Å². The maximum atomic E-state index is 13.2. The lowest BCUT2D eigenvalue weighted by Crippen LogP contribution is -2.24. The summed E-state index contributed by atoms with van der Waals surface area (Å²) in [6.45, 7) is 0. The Morgan fingerprint density at radius 2 is 1.93 bits per heavy atom. The lowest BCUT2D eigenvalue weighted by atomic mass is 9.86. The number of aromatic nitrogens is 1. The molecule has 0 radical (unpaired) electrons. The molecule has 0 saturated carbocycles. The lowest BCUT2D eigenvalue weighted by molar-refractivity contribution is -0.142. The predicted molar refractivity (Wildman–Crippen MR) is 104 cm³/mol. The zero-order valence-corrected chi connectivity index (χ0v) is 15.7. The summed E-state index contributed by atoms with van der Waals surface area (Å²) in [5.41, 5.74) is 3.09. The Bertz CT molecular complexity index is 1040. The number of hydrogen-bond donors (Lipinski definition) is 1. The van der Waals surface area contributed by atoms with Crippen LogP contribution in [0.15, 0.2) is 53.4 Å². The number of carboxylic acid groups (broad SMARTS) is 1. The molecule has 1 N–H and O–H groups in total. The molecular weight excluding hydrogens is 362 g/mol. The lowest BCUT2D eigenvalue weighted by Gasteiger charge is -2.20. The van der Waals surface area contributed by atoms with Crippen molar-refractivity contribution < 1.29 is 19.2 Å². The van der Waals surface area contributed by atoms with E-state index in [1.165, 1.54) is 0 Å². The van der Waals surface area contributed by atoms with E-state index in [9.17, 15) is 19.2 Å². The van der Waals surface area contributed by atoms with Gasteiger partial charge >= 0.3 is 5.97 Å². The molecule has 0 amide bonds. The average Bonchev–Trinajstić information content (AvgIpc) is 3.01.